The predicted octanol–water partition coefficient (Wildman–Crippen LogP) is -0.382. The average Bonchev–Trinajstić information content (AvgIpc) is 2.61. The highest BCUT2D eigenvalue weighted by atomic mass is 16.7. The van der Waals surface area contributed by atoms with E-state index in [9.17, 15) is 25.0 Å². The van der Waals surface area contributed by atoms with Gasteiger partial charge in [0.1, 0.15) is 0 Å². The Kier molecular flexibility index (Phi) is 2.60. The molecular weight excluding hydrogens is 212 g/mol. The summed E-state index contributed by atoms with van der Waals surface area (Å²) in [6.45, 7) is 0. The number of carbonyl (C=O) groups excluding carboxylic acids is 1. The summed E-state index contributed by atoms with van der Waals surface area (Å²) in [5.74, 6) is -1.11. The van der Waals surface area contributed by atoms with E-state index in [-0.39, 0.29) is 4.79 Å². The van der Waals surface area contributed by atoms with Crippen molar-refractivity contribution >= 4 is 11.7 Å². The van der Waals surface area contributed by atoms with Gasteiger partial charge in [-0.1, -0.05) is 0 Å². The summed E-state index contributed by atoms with van der Waals surface area (Å²) < 4.78 is 4.18. The van der Waals surface area contributed by atoms with E-state index in [0.717, 1.165) is 7.11 Å². The van der Waals surface area contributed by atoms with Crippen LogP contribution in [0.3, 0.4) is 0 Å². The fraction of sp³-hybridized carbons (Fsp3) is 0.200. The van der Waals surface area contributed by atoms with Crippen molar-refractivity contribution in [3.8, 4) is 0 Å². The first-order valence-electron chi connectivity index (χ1n) is 3.44. The number of methoxy groups -OCH3 is 1. The summed E-state index contributed by atoms with van der Waals surface area (Å²) in [6.07, 6.45) is 0.520. The lowest BCUT2D eigenvalue weighted by molar-refractivity contribution is -0.553. The zero-order valence-corrected chi connectivity index (χ0v) is 7.32. The van der Waals surface area contributed by atoms with Crippen LogP contribution in [0.1, 0.15) is 10.5 Å². The van der Waals surface area contributed by atoms with E-state index in [1.165, 1.54) is 0 Å². The molecule has 0 radical (unpaired) electrons. The molecule has 0 fully saturated rings. The van der Waals surface area contributed by atoms with E-state index in [4.69, 9.17) is 0 Å². The fourth-order valence-corrected chi connectivity index (χ4v) is 0.812. The molecule has 0 atom stereocenters. The highest BCUT2D eigenvalue weighted by Gasteiger charge is 2.33. The summed E-state index contributed by atoms with van der Waals surface area (Å²) in [5.41, 5.74) is -1.49. The number of nitro groups is 2. The van der Waals surface area contributed by atoms with Gasteiger partial charge < -0.3 is 14.9 Å². The van der Waals surface area contributed by atoms with E-state index in [1.54, 1.807) is 0 Å². The van der Waals surface area contributed by atoms with Crippen LogP contribution in [0.15, 0.2) is 6.20 Å². The maximum absolute atomic E-state index is 10.9. The molecular formula is C5H4N4O6. The Morgan fingerprint density at radius 1 is 1.53 bits per heavy atom. The number of rotatable bonds is 3. The lowest BCUT2D eigenvalue weighted by Gasteiger charge is -1.88. The van der Waals surface area contributed by atoms with Gasteiger partial charge in [-0.15, -0.1) is 0 Å². The number of esters is 1. The molecule has 1 rings (SSSR count). The third kappa shape index (κ3) is 1.87. The first kappa shape index (κ1) is 10.6. The number of nitrogens with zero attached hydrogens (tertiary/aromatic N) is 4. The van der Waals surface area contributed by atoms with Crippen LogP contribution in [-0.2, 0) is 4.74 Å². The number of aromatic nitrogens is 2. The van der Waals surface area contributed by atoms with Crippen LogP contribution < -0.4 is 0 Å². The molecule has 0 N–H and O–H groups in total. The molecule has 80 valence electrons. The summed E-state index contributed by atoms with van der Waals surface area (Å²) in [6, 6.07) is 0. The van der Waals surface area contributed by atoms with Crippen molar-refractivity contribution in [2.75, 3.05) is 7.11 Å². The van der Waals surface area contributed by atoms with Crippen LogP contribution in [-0.4, -0.2) is 32.9 Å². The van der Waals surface area contributed by atoms with Crippen molar-refractivity contribution in [3.05, 3.63) is 32.1 Å². The van der Waals surface area contributed by atoms with E-state index >= 15 is 0 Å². The normalized spacial score (nSPS) is 9.67. The van der Waals surface area contributed by atoms with Gasteiger partial charge in [0.25, 0.3) is 0 Å². The molecule has 1 aromatic rings. The van der Waals surface area contributed by atoms with Crippen molar-refractivity contribution in [2.45, 2.75) is 0 Å². The zero-order valence-electron chi connectivity index (χ0n) is 7.32. The molecule has 0 aromatic carbocycles. The molecule has 0 aliphatic carbocycles. The summed E-state index contributed by atoms with van der Waals surface area (Å²) >= 11 is 0. The Morgan fingerprint density at radius 2 is 2.13 bits per heavy atom. The highest BCUT2D eigenvalue weighted by Crippen LogP contribution is 2.16. The third-order valence-electron chi connectivity index (χ3n) is 1.43. The topological polar surface area (TPSA) is 130 Å². The Morgan fingerprint density at radius 3 is 2.53 bits per heavy atom. The quantitative estimate of drug-likeness (QED) is 0.382. The van der Waals surface area contributed by atoms with Gasteiger partial charge in [0.05, 0.1) is 22.2 Å². The van der Waals surface area contributed by atoms with Crippen molar-refractivity contribution < 1.29 is 19.5 Å². The number of ether oxygens (including phenoxy) is 1. The summed E-state index contributed by atoms with van der Waals surface area (Å²) in [4.78, 5) is 30.7. The van der Waals surface area contributed by atoms with Gasteiger partial charge in [-0.2, -0.15) is 0 Å². The van der Waals surface area contributed by atoms with E-state index in [0.29, 0.717) is 6.20 Å². The monoisotopic (exact) mass is 216 g/mol. The molecule has 0 aliphatic heterocycles. The first-order chi connectivity index (χ1) is 6.97. The van der Waals surface area contributed by atoms with Crippen LogP contribution in [0.5, 0.6) is 0 Å². The van der Waals surface area contributed by atoms with Crippen LogP contribution in [0.4, 0.5) is 5.69 Å². The number of hydrogen-bond acceptors (Lipinski definition) is 7. The second-order valence-corrected chi connectivity index (χ2v) is 2.27. The minimum atomic E-state index is -1.11. The number of carbonyl (C=O) groups is 1. The summed E-state index contributed by atoms with van der Waals surface area (Å²) in [7, 11) is 0.983. The molecule has 0 aliphatic rings. The second kappa shape index (κ2) is 3.69. The Bertz CT molecular complexity index is 437. The lowest BCUT2D eigenvalue weighted by Crippen LogP contribution is -2.11. The van der Waals surface area contributed by atoms with Crippen LogP contribution in [0, 0.1) is 20.2 Å². The molecule has 1 aromatic heterocycles. The van der Waals surface area contributed by atoms with Gasteiger partial charge in [0, 0.05) is 4.79 Å². The smallest absolute Gasteiger partial charge is 0.392 e. The van der Waals surface area contributed by atoms with Crippen molar-refractivity contribution in [2.24, 2.45) is 0 Å². The van der Waals surface area contributed by atoms with E-state index < -0.39 is 27.3 Å². The maximum Gasteiger partial charge on any atom is 0.392 e. The van der Waals surface area contributed by atoms with Gasteiger partial charge in [-0.05, 0) is 0 Å². The minimum absolute atomic E-state index is 0.0738. The van der Waals surface area contributed by atoms with E-state index in [2.05, 4.69) is 9.84 Å². The maximum atomic E-state index is 10.9. The standard InChI is InChI=1S/C5H4N4O6/c1-15-5(10)4-3(8(11)12)2-7(6-4)9(13)14/h2H,1H3. The zero-order chi connectivity index (χ0) is 11.6. The van der Waals surface area contributed by atoms with Crippen LogP contribution in [0.2, 0.25) is 0 Å². The highest BCUT2D eigenvalue weighted by molar-refractivity contribution is 5.91. The molecule has 0 saturated carbocycles. The largest absolute Gasteiger partial charge is 0.462 e. The van der Waals surface area contributed by atoms with Gasteiger partial charge in [-0.25, -0.2) is 4.79 Å². The van der Waals surface area contributed by atoms with Crippen molar-refractivity contribution in [3.63, 3.8) is 0 Å². The first-order valence-corrected chi connectivity index (χ1v) is 3.44. The predicted molar refractivity (Wildman–Crippen MR) is 42.6 cm³/mol. The molecule has 0 amide bonds. The van der Waals surface area contributed by atoms with Gasteiger partial charge in [0.2, 0.25) is 0 Å². The third-order valence-corrected chi connectivity index (χ3v) is 1.43. The molecule has 10 heteroatoms. The summed E-state index contributed by atoms with van der Waals surface area (Å²) in [5, 5.41) is 22.7. The molecule has 0 bridgehead atoms. The van der Waals surface area contributed by atoms with Crippen molar-refractivity contribution in [1.29, 1.82) is 0 Å². The van der Waals surface area contributed by atoms with Gasteiger partial charge in [-0.3, -0.25) is 10.1 Å². The fourth-order valence-electron chi connectivity index (χ4n) is 0.812. The minimum Gasteiger partial charge on any atom is -0.462 e. The molecule has 0 spiro atoms. The van der Waals surface area contributed by atoms with Gasteiger partial charge >= 0.3 is 17.4 Å². The SMILES string of the molecule is COC(=O)c1nn([N+](=O)[O-])cc1[N+](=O)[O-]. The average molecular weight is 216 g/mol. The van der Waals surface area contributed by atoms with Gasteiger partial charge in [0.15, 0.2) is 6.20 Å². The van der Waals surface area contributed by atoms with Crippen LogP contribution >= 0.6 is 0 Å². The number of hydrogen-bond donors (Lipinski definition) is 0. The molecule has 1 heterocycles. The van der Waals surface area contributed by atoms with Crippen LogP contribution in [0.25, 0.3) is 0 Å². The molecule has 0 unspecified atom stereocenters. The molecule has 15 heavy (non-hydrogen) atoms. The Balaban J connectivity index is 3.29. The lowest BCUT2D eigenvalue weighted by atomic mass is 10.4. The Hall–Kier alpha value is -2.52. The van der Waals surface area contributed by atoms with Crippen molar-refractivity contribution in [1.82, 2.24) is 9.89 Å². The molecule has 10 nitrogen and oxygen atoms in total. The Labute approximate surface area is 81.3 Å². The van der Waals surface area contributed by atoms with E-state index in [1.807, 2.05) is 0 Å². The second-order valence-electron chi connectivity index (χ2n) is 2.27. The molecule has 0 saturated heterocycles.